The highest BCUT2D eigenvalue weighted by Gasteiger charge is 2.30. The number of rotatable bonds is 11. The number of aryl methyl sites for hydroxylation is 1. The highest BCUT2D eigenvalue weighted by molar-refractivity contribution is 7.92. The Bertz CT molecular complexity index is 1390. The SMILES string of the molecule is COc1ccc(OC)c(N(CC(=O)Nc2ccccc2C(=O)NCC(C)C)S(=O)(=O)c2ccc(C)cc2)c1. The van der Waals surface area contributed by atoms with Crippen molar-refractivity contribution in [1.29, 1.82) is 0 Å². The van der Waals surface area contributed by atoms with Crippen LogP contribution >= 0.6 is 0 Å². The van der Waals surface area contributed by atoms with E-state index in [1.807, 2.05) is 20.8 Å². The number of anilines is 2. The summed E-state index contributed by atoms with van der Waals surface area (Å²) >= 11 is 0. The van der Waals surface area contributed by atoms with Crippen molar-refractivity contribution in [3.8, 4) is 11.5 Å². The molecule has 2 amide bonds. The van der Waals surface area contributed by atoms with E-state index < -0.39 is 22.5 Å². The summed E-state index contributed by atoms with van der Waals surface area (Å²) in [6.07, 6.45) is 0. The first-order valence-corrected chi connectivity index (χ1v) is 13.5. The van der Waals surface area contributed by atoms with E-state index in [2.05, 4.69) is 10.6 Å². The van der Waals surface area contributed by atoms with Gasteiger partial charge in [0.05, 0.1) is 36.1 Å². The second-order valence-electron chi connectivity index (χ2n) is 9.06. The molecule has 3 aromatic rings. The maximum atomic E-state index is 13.8. The zero-order valence-electron chi connectivity index (χ0n) is 22.1. The van der Waals surface area contributed by atoms with Gasteiger partial charge >= 0.3 is 0 Å². The maximum absolute atomic E-state index is 13.8. The molecule has 10 heteroatoms. The molecule has 0 aliphatic carbocycles. The number of nitrogens with one attached hydrogen (secondary N) is 2. The van der Waals surface area contributed by atoms with Gasteiger partial charge in [-0.2, -0.15) is 0 Å². The summed E-state index contributed by atoms with van der Waals surface area (Å²) in [7, 11) is -1.34. The van der Waals surface area contributed by atoms with E-state index in [0.717, 1.165) is 9.87 Å². The van der Waals surface area contributed by atoms with E-state index in [-0.39, 0.29) is 39.4 Å². The minimum atomic E-state index is -4.20. The summed E-state index contributed by atoms with van der Waals surface area (Å²) in [5.74, 6) is -0.109. The van der Waals surface area contributed by atoms with Crippen molar-refractivity contribution in [2.45, 2.75) is 25.7 Å². The quantitative estimate of drug-likeness (QED) is 0.377. The number of hydrogen-bond donors (Lipinski definition) is 2. The fourth-order valence-corrected chi connectivity index (χ4v) is 5.05. The van der Waals surface area contributed by atoms with Gasteiger partial charge in [0.25, 0.3) is 15.9 Å². The van der Waals surface area contributed by atoms with E-state index in [1.54, 1.807) is 48.5 Å². The minimum absolute atomic E-state index is 0.00855. The summed E-state index contributed by atoms with van der Waals surface area (Å²) < 4.78 is 39.3. The molecule has 9 nitrogen and oxygen atoms in total. The van der Waals surface area contributed by atoms with Crippen LogP contribution in [0, 0.1) is 12.8 Å². The smallest absolute Gasteiger partial charge is 0.264 e. The Labute approximate surface area is 223 Å². The van der Waals surface area contributed by atoms with Gasteiger partial charge in [0.2, 0.25) is 5.91 Å². The van der Waals surface area contributed by atoms with E-state index in [4.69, 9.17) is 9.47 Å². The number of carbonyl (C=O) groups is 2. The number of methoxy groups -OCH3 is 2. The van der Waals surface area contributed by atoms with Gasteiger partial charge in [0.1, 0.15) is 18.0 Å². The number of benzene rings is 3. The van der Waals surface area contributed by atoms with Crippen LogP contribution in [-0.2, 0) is 14.8 Å². The number of carbonyl (C=O) groups excluding carboxylic acids is 2. The second-order valence-corrected chi connectivity index (χ2v) is 10.9. The summed E-state index contributed by atoms with van der Waals surface area (Å²) in [4.78, 5) is 26.0. The van der Waals surface area contributed by atoms with Gasteiger partial charge in [-0.25, -0.2) is 8.42 Å². The van der Waals surface area contributed by atoms with Crippen LogP contribution in [0.15, 0.2) is 71.6 Å². The lowest BCUT2D eigenvalue weighted by molar-refractivity contribution is -0.114. The van der Waals surface area contributed by atoms with Crippen LogP contribution in [0.5, 0.6) is 11.5 Å². The van der Waals surface area contributed by atoms with Gasteiger partial charge in [-0.05, 0) is 49.2 Å². The molecule has 3 aromatic carbocycles. The third kappa shape index (κ3) is 6.83. The lowest BCUT2D eigenvalue weighted by Gasteiger charge is -2.26. The third-order valence-corrected chi connectivity index (χ3v) is 7.44. The Morgan fingerprint density at radius 2 is 1.63 bits per heavy atom. The number of para-hydroxylation sites is 1. The molecule has 0 aromatic heterocycles. The first-order chi connectivity index (χ1) is 18.1. The lowest BCUT2D eigenvalue weighted by atomic mass is 10.1. The molecule has 0 spiro atoms. The van der Waals surface area contributed by atoms with Gasteiger partial charge in [-0.15, -0.1) is 0 Å². The Kier molecular flexibility index (Phi) is 9.35. The predicted molar refractivity (Wildman–Crippen MR) is 147 cm³/mol. The normalized spacial score (nSPS) is 11.1. The molecule has 38 heavy (non-hydrogen) atoms. The molecule has 2 N–H and O–H groups in total. The molecule has 202 valence electrons. The average Bonchev–Trinajstić information content (AvgIpc) is 2.90. The van der Waals surface area contributed by atoms with Gasteiger partial charge < -0.3 is 20.1 Å². The van der Waals surface area contributed by atoms with Crippen molar-refractivity contribution in [3.63, 3.8) is 0 Å². The zero-order chi connectivity index (χ0) is 27.9. The molecule has 0 saturated heterocycles. The molecule has 0 unspecified atom stereocenters. The van der Waals surface area contributed by atoms with Crippen LogP contribution in [0.1, 0.15) is 29.8 Å². The van der Waals surface area contributed by atoms with Gasteiger partial charge in [-0.3, -0.25) is 13.9 Å². The van der Waals surface area contributed by atoms with Crippen molar-refractivity contribution in [2.75, 3.05) is 36.9 Å². The monoisotopic (exact) mass is 539 g/mol. The van der Waals surface area contributed by atoms with Gasteiger partial charge in [0, 0.05) is 12.6 Å². The van der Waals surface area contributed by atoms with Crippen LogP contribution in [-0.4, -0.2) is 47.5 Å². The average molecular weight is 540 g/mol. The van der Waals surface area contributed by atoms with Crippen LogP contribution < -0.4 is 24.4 Å². The van der Waals surface area contributed by atoms with Crippen LogP contribution in [0.25, 0.3) is 0 Å². The molecule has 0 atom stereocenters. The molecule has 0 heterocycles. The van der Waals surface area contributed by atoms with Crippen LogP contribution in [0.4, 0.5) is 11.4 Å². The van der Waals surface area contributed by atoms with Gasteiger partial charge in [0.15, 0.2) is 0 Å². The Morgan fingerprint density at radius 3 is 2.26 bits per heavy atom. The largest absolute Gasteiger partial charge is 0.497 e. The number of sulfonamides is 1. The minimum Gasteiger partial charge on any atom is -0.497 e. The summed E-state index contributed by atoms with van der Waals surface area (Å²) in [6, 6.07) is 17.6. The lowest BCUT2D eigenvalue weighted by Crippen LogP contribution is -2.38. The van der Waals surface area contributed by atoms with E-state index >= 15 is 0 Å². The second kappa shape index (κ2) is 12.5. The molecule has 0 bridgehead atoms. The third-order valence-electron chi connectivity index (χ3n) is 5.67. The fourth-order valence-electron chi connectivity index (χ4n) is 3.63. The van der Waals surface area contributed by atoms with Crippen LogP contribution in [0.3, 0.4) is 0 Å². The molecule has 0 aliphatic rings. The highest BCUT2D eigenvalue weighted by atomic mass is 32.2. The molecule has 0 radical (unpaired) electrons. The van der Waals surface area contributed by atoms with E-state index in [0.29, 0.717) is 12.3 Å². The Hall–Kier alpha value is -4.05. The Morgan fingerprint density at radius 1 is 0.947 bits per heavy atom. The summed E-state index contributed by atoms with van der Waals surface area (Å²) in [5, 5.41) is 5.53. The first kappa shape index (κ1) is 28.5. The number of hydrogen-bond acceptors (Lipinski definition) is 6. The van der Waals surface area contributed by atoms with Crippen molar-refractivity contribution >= 4 is 33.2 Å². The topological polar surface area (TPSA) is 114 Å². The first-order valence-electron chi connectivity index (χ1n) is 12.0. The number of nitrogens with zero attached hydrogens (tertiary/aromatic N) is 1. The maximum Gasteiger partial charge on any atom is 0.264 e. The van der Waals surface area contributed by atoms with Gasteiger partial charge in [-0.1, -0.05) is 43.7 Å². The van der Waals surface area contributed by atoms with Crippen molar-refractivity contribution in [3.05, 3.63) is 77.9 Å². The number of ether oxygens (including phenoxy) is 2. The molecule has 0 saturated carbocycles. The van der Waals surface area contributed by atoms with Crippen molar-refractivity contribution < 1.29 is 27.5 Å². The molecular formula is C28H33N3O6S. The highest BCUT2D eigenvalue weighted by Crippen LogP contribution is 2.35. The van der Waals surface area contributed by atoms with E-state index in [1.165, 1.54) is 32.4 Å². The molecule has 3 rings (SSSR count). The summed E-state index contributed by atoms with van der Waals surface area (Å²) in [5.41, 5.74) is 1.56. The van der Waals surface area contributed by atoms with Crippen molar-refractivity contribution in [1.82, 2.24) is 5.32 Å². The summed E-state index contributed by atoms with van der Waals surface area (Å²) in [6.45, 7) is 5.69. The molecular weight excluding hydrogens is 506 g/mol. The molecule has 0 aliphatic heterocycles. The standard InChI is InChI=1S/C28H33N3O6S/c1-19(2)17-29-28(33)23-8-6-7-9-24(23)30-27(32)18-31(25-16-21(36-4)12-15-26(25)37-5)38(34,35)22-13-10-20(3)11-14-22/h6-16,19H,17-18H2,1-5H3,(H,29,33)(H,30,32). The fraction of sp³-hybridized carbons (Fsp3) is 0.286. The van der Waals surface area contributed by atoms with Crippen molar-refractivity contribution in [2.24, 2.45) is 5.92 Å². The zero-order valence-corrected chi connectivity index (χ0v) is 23.0. The molecule has 0 fully saturated rings. The predicted octanol–water partition coefficient (Wildman–Crippen LogP) is 4.23. The van der Waals surface area contributed by atoms with E-state index in [9.17, 15) is 18.0 Å². The Balaban J connectivity index is 2.00. The van der Waals surface area contributed by atoms with Crippen LogP contribution in [0.2, 0.25) is 0 Å². The number of amides is 2.